The fourth-order valence-corrected chi connectivity index (χ4v) is 3.96. The first kappa shape index (κ1) is 23.6. The molecule has 0 atom stereocenters. The number of nitrogens with zero attached hydrogens (tertiary/aromatic N) is 2. The van der Waals surface area contributed by atoms with Crippen LogP contribution in [0.4, 0.5) is 0 Å². The molecule has 9 heteroatoms. The molecule has 0 radical (unpaired) electrons. The average molecular weight is 467 g/mol. The zero-order valence-electron chi connectivity index (χ0n) is 18.5. The average Bonchev–Trinajstić information content (AvgIpc) is 2.80. The Morgan fingerprint density at radius 1 is 0.939 bits per heavy atom. The topological polar surface area (TPSA) is 108 Å². The highest BCUT2D eigenvalue weighted by molar-refractivity contribution is 7.87. The molecule has 0 aliphatic heterocycles. The van der Waals surface area contributed by atoms with E-state index in [1.54, 1.807) is 49.4 Å². The van der Waals surface area contributed by atoms with Gasteiger partial charge < -0.3 is 9.47 Å². The van der Waals surface area contributed by atoms with Crippen LogP contribution in [0.5, 0.6) is 11.5 Å². The predicted molar refractivity (Wildman–Crippen MR) is 124 cm³/mol. The first-order chi connectivity index (χ1) is 15.7. The first-order valence-corrected chi connectivity index (χ1v) is 11.2. The highest BCUT2D eigenvalue weighted by atomic mass is 32.2. The van der Waals surface area contributed by atoms with Crippen molar-refractivity contribution in [2.24, 2.45) is 0 Å². The van der Waals surface area contributed by atoms with Crippen molar-refractivity contribution in [2.45, 2.75) is 18.7 Å². The van der Waals surface area contributed by atoms with Gasteiger partial charge in [0.25, 0.3) is 0 Å². The van der Waals surface area contributed by atoms with Gasteiger partial charge in [0.15, 0.2) is 11.5 Å². The predicted octanol–water partition coefficient (Wildman–Crippen LogP) is 3.34. The van der Waals surface area contributed by atoms with Crippen LogP contribution in [0.2, 0.25) is 0 Å². The first-order valence-electron chi connectivity index (χ1n) is 9.78. The van der Waals surface area contributed by atoms with Gasteiger partial charge in [0.1, 0.15) is 16.5 Å². The molecule has 0 aliphatic rings. The standard InChI is InChI=1S/C24H22N2O6S/c1-16-5-10-20(11-6-16)33(28,29)32-26-19(13-17(2)21(15-25)24(26)27)9-7-18-8-12-22(30-3)23(14-18)31-4/h5-14H,1-4H3. The summed E-state index contributed by atoms with van der Waals surface area (Å²) in [5, 5.41) is 9.36. The maximum Gasteiger partial charge on any atom is 0.357 e. The maximum atomic E-state index is 12.9. The molecule has 8 nitrogen and oxygen atoms in total. The molecule has 0 aliphatic carbocycles. The molecule has 0 N–H and O–H groups in total. The summed E-state index contributed by atoms with van der Waals surface area (Å²) in [6.07, 6.45) is 3.17. The Morgan fingerprint density at radius 3 is 2.21 bits per heavy atom. The van der Waals surface area contributed by atoms with E-state index < -0.39 is 15.7 Å². The molecule has 1 aromatic heterocycles. The lowest BCUT2D eigenvalue weighted by Gasteiger charge is -2.13. The zero-order valence-corrected chi connectivity index (χ0v) is 19.3. The van der Waals surface area contributed by atoms with E-state index in [-0.39, 0.29) is 16.2 Å². The summed E-state index contributed by atoms with van der Waals surface area (Å²) >= 11 is 0. The summed E-state index contributed by atoms with van der Waals surface area (Å²) in [5.41, 5.74) is 1.02. The molecule has 2 aromatic carbocycles. The monoisotopic (exact) mass is 466 g/mol. The molecule has 0 spiro atoms. The van der Waals surface area contributed by atoms with Crippen molar-refractivity contribution in [3.05, 3.63) is 86.8 Å². The van der Waals surface area contributed by atoms with Gasteiger partial charge in [-0.05, 0) is 61.4 Å². The molecule has 170 valence electrons. The number of ether oxygens (including phenoxy) is 2. The van der Waals surface area contributed by atoms with Crippen molar-refractivity contribution in [1.29, 1.82) is 5.26 Å². The molecular weight excluding hydrogens is 444 g/mol. The van der Waals surface area contributed by atoms with Gasteiger partial charge in [0.2, 0.25) is 0 Å². The van der Waals surface area contributed by atoms with Crippen LogP contribution in [0.1, 0.15) is 27.9 Å². The lowest BCUT2D eigenvalue weighted by Crippen LogP contribution is -2.34. The molecule has 0 amide bonds. The minimum Gasteiger partial charge on any atom is -0.493 e. The van der Waals surface area contributed by atoms with Gasteiger partial charge in [0, 0.05) is 0 Å². The Morgan fingerprint density at radius 2 is 1.61 bits per heavy atom. The van der Waals surface area contributed by atoms with E-state index >= 15 is 0 Å². The number of hydrogen-bond acceptors (Lipinski definition) is 7. The van der Waals surface area contributed by atoms with Crippen molar-refractivity contribution in [2.75, 3.05) is 14.2 Å². The Labute approximate surface area is 192 Å². The molecule has 0 saturated carbocycles. The Bertz CT molecular complexity index is 1420. The van der Waals surface area contributed by atoms with E-state index in [9.17, 15) is 18.5 Å². The van der Waals surface area contributed by atoms with Gasteiger partial charge in [-0.15, -0.1) is 4.73 Å². The summed E-state index contributed by atoms with van der Waals surface area (Å²) in [6.45, 7) is 3.41. The Kier molecular flexibility index (Phi) is 6.89. The quantitative estimate of drug-likeness (QED) is 0.525. The lowest BCUT2D eigenvalue weighted by atomic mass is 10.1. The van der Waals surface area contributed by atoms with Crippen LogP contribution >= 0.6 is 0 Å². The van der Waals surface area contributed by atoms with Crippen molar-refractivity contribution in [3.63, 3.8) is 0 Å². The fraction of sp³-hybridized carbons (Fsp3) is 0.167. The van der Waals surface area contributed by atoms with Gasteiger partial charge in [0.05, 0.1) is 19.9 Å². The number of aromatic nitrogens is 1. The van der Waals surface area contributed by atoms with E-state index in [0.29, 0.717) is 27.4 Å². The summed E-state index contributed by atoms with van der Waals surface area (Å²) in [4.78, 5) is 12.8. The largest absolute Gasteiger partial charge is 0.493 e. The van der Waals surface area contributed by atoms with E-state index in [1.807, 2.05) is 6.92 Å². The van der Waals surface area contributed by atoms with Crippen LogP contribution in [-0.4, -0.2) is 27.4 Å². The molecule has 0 fully saturated rings. The van der Waals surface area contributed by atoms with Crippen LogP contribution in [-0.2, 0) is 10.1 Å². The van der Waals surface area contributed by atoms with Crippen molar-refractivity contribution in [3.8, 4) is 17.6 Å². The normalized spacial score (nSPS) is 11.2. The third kappa shape index (κ3) is 5.07. The third-order valence-electron chi connectivity index (χ3n) is 4.84. The van der Waals surface area contributed by atoms with E-state index in [2.05, 4.69) is 0 Å². The number of aryl methyl sites for hydroxylation is 2. The number of nitriles is 1. The van der Waals surface area contributed by atoms with Gasteiger partial charge in [-0.3, -0.25) is 9.08 Å². The summed E-state index contributed by atoms with van der Waals surface area (Å²) in [6, 6.07) is 14.5. The number of methoxy groups -OCH3 is 2. The van der Waals surface area contributed by atoms with E-state index in [1.165, 1.54) is 38.5 Å². The minimum atomic E-state index is -4.33. The van der Waals surface area contributed by atoms with E-state index in [4.69, 9.17) is 13.8 Å². The second kappa shape index (κ2) is 9.63. The number of hydrogen-bond donors (Lipinski definition) is 0. The van der Waals surface area contributed by atoms with Gasteiger partial charge >= 0.3 is 15.7 Å². The molecule has 0 saturated heterocycles. The molecule has 33 heavy (non-hydrogen) atoms. The zero-order chi connectivity index (χ0) is 24.2. The van der Waals surface area contributed by atoms with Crippen LogP contribution in [0.3, 0.4) is 0 Å². The molecule has 0 bridgehead atoms. The second-order valence-electron chi connectivity index (χ2n) is 7.13. The van der Waals surface area contributed by atoms with Crippen molar-refractivity contribution >= 4 is 22.3 Å². The van der Waals surface area contributed by atoms with Crippen LogP contribution in [0, 0.1) is 25.2 Å². The SMILES string of the molecule is COc1ccc(C=Cc2cc(C)c(C#N)c(=O)n2OS(=O)(=O)c2ccc(C)cc2)cc1OC. The highest BCUT2D eigenvalue weighted by Crippen LogP contribution is 2.28. The van der Waals surface area contributed by atoms with Crippen molar-refractivity contribution in [1.82, 2.24) is 4.73 Å². The fourth-order valence-electron chi connectivity index (χ4n) is 3.05. The van der Waals surface area contributed by atoms with Crippen molar-refractivity contribution < 1.29 is 22.2 Å². The van der Waals surface area contributed by atoms with Crippen LogP contribution in [0.15, 0.2) is 58.2 Å². The van der Waals surface area contributed by atoms with Gasteiger partial charge in [-0.1, -0.05) is 29.8 Å². The van der Waals surface area contributed by atoms with E-state index in [0.717, 1.165) is 5.56 Å². The third-order valence-corrected chi connectivity index (χ3v) is 6.03. The van der Waals surface area contributed by atoms with Gasteiger partial charge in [-0.2, -0.15) is 13.7 Å². The lowest BCUT2D eigenvalue weighted by molar-refractivity contribution is 0.264. The molecule has 1 heterocycles. The maximum absolute atomic E-state index is 12.9. The number of benzene rings is 2. The van der Waals surface area contributed by atoms with Gasteiger partial charge in [-0.25, -0.2) is 0 Å². The molecule has 3 aromatic rings. The number of rotatable bonds is 7. The second-order valence-corrected chi connectivity index (χ2v) is 8.66. The Hall–Kier alpha value is -4.03. The summed E-state index contributed by atoms with van der Waals surface area (Å²) < 4.78 is 41.9. The summed E-state index contributed by atoms with van der Waals surface area (Å²) in [7, 11) is -1.30. The highest BCUT2D eigenvalue weighted by Gasteiger charge is 2.21. The molecule has 0 unspecified atom stereocenters. The summed E-state index contributed by atoms with van der Waals surface area (Å²) in [5.74, 6) is 1.06. The number of pyridine rings is 1. The Balaban J connectivity index is 2.09. The smallest absolute Gasteiger partial charge is 0.357 e. The molecule has 3 rings (SSSR count). The van der Waals surface area contributed by atoms with Crippen LogP contribution in [0.25, 0.3) is 12.2 Å². The molecular formula is C24H22N2O6S. The van der Waals surface area contributed by atoms with Crippen LogP contribution < -0.4 is 19.3 Å². The minimum absolute atomic E-state index is 0.117.